The van der Waals surface area contributed by atoms with E-state index >= 15 is 0 Å². The van der Waals surface area contributed by atoms with E-state index in [1.54, 1.807) is 7.11 Å². The van der Waals surface area contributed by atoms with Gasteiger partial charge < -0.3 is 19.2 Å². The zero-order chi connectivity index (χ0) is 18.5. The van der Waals surface area contributed by atoms with Crippen molar-refractivity contribution in [3.8, 4) is 28.6 Å². The van der Waals surface area contributed by atoms with Gasteiger partial charge in [0.05, 0.1) is 18.1 Å². The maximum Gasteiger partial charge on any atom is 0.161 e. The van der Waals surface area contributed by atoms with Gasteiger partial charge in [-0.2, -0.15) is 0 Å². The molecular formula is C22H20N2O3. The smallest absolute Gasteiger partial charge is 0.161 e. The van der Waals surface area contributed by atoms with Crippen LogP contribution in [0, 0.1) is 0 Å². The van der Waals surface area contributed by atoms with Gasteiger partial charge in [0.25, 0.3) is 0 Å². The number of hydrogen-bond donors (Lipinski definition) is 1. The zero-order valence-corrected chi connectivity index (χ0v) is 15.0. The second kappa shape index (κ2) is 7.83. The normalized spacial score (nSPS) is 10.7. The molecular weight excluding hydrogens is 340 g/mol. The van der Waals surface area contributed by atoms with Gasteiger partial charge in [-0.25, -0.2) is 4.98 Å². The first-order chi connectivity index (χ1) is 13.3. The SMILES string of the molecule is COc1cc(-c2nc3ccccc3[nH]2)ccc1OCCOc1ccccc1. The highest BCUT2D eigenvalue weighted by Gasteiger charge is 2.10. The molecule has 0 aliphatic rings. The van der Waals surface area contributed by atoms with Crippen LogP contribution in [0.4, 0.5) is 0 Å². The molecule has 0 atom stereocenters. The summed E-state index contributed by atoms with van der Waals surface area (Å²) in [6, 6.07) is 23.4. The van der Waals surface area contributed by atoms with Crippen LogP contribution in [0.1, 0.15) is 0 Å². The number of aromatic nitrogens is 2. The van der Waals surface area contributed by atoms with E-state index in [1.165, 1.54) is 0 Å². The molecule has 1 aromatic heterocycles. The van der Waals surface area contributed by atoms with Crippen LogP contribution >= 0.6 is 0 Å². The molecule has 0 radical (unpaired) electrons. The number of para-hydroxylation sites is 3. The highest BCUT2D eigenvalue weighted by molar-refractivity contribution is 5.79. The minimum Gasteiger partial charge on any atom is -0.493 e. The van der Waals surface area contributed by atoms with Crippen LogP contribution in [0.3, 0.4) is 0 Å². The number of aromatic amines is 1. The number of H-pyrrole nitrogens is 1. The molecule has 5 nitrogen and oxygen atoms in total. The Bertz CT molecular complexity index is 995. The summed E-state index contributed by atoms with van der Waals surface area (Å²) in [6.45, 7) is 0.883. The lowest BCUT2D eigenvalue weighted by Gasteiger charge is -2.12. The van der Waals surface area contributed by atoms with Crippen molar-refractivity contribution in [1.82, 2.24) is 9.97 Å². The van der Waals surface area contributed by atoms with Crippen LogP contribution in [0.25, 0.3) is 22.4 Å². The molecule has 0 bridgehead atoms. The second-order valence-corrected chi connectivity index (χ2v) is 5.98. The minimum atomic E-state index is 0.426. The highest BCUT2D eigenvalue weighted by atomic mass is 16.5. The van der Waals surface area contributed by atoms with Gasteiger partial charge in [-0.1, -0.05) is 30.3 Å². The third-order valence-corrected chi connectivity index (χ3v) is 4.18. The average Bonchev–Trinajstić information content (AvgIpc) is 3.16. The molecule has 1 heterocycles. The van der Waals surface area contributed by atoms with Crippen molar-refractivity contribution in [3.05, 3.63) is 72.8 Å². The first-order valence-electron chi connectivity index (χ1n) is 8.77. The Balaban J connectivity index is 1.44. The van der Waals surface area contributed by atoms with E-state index < -0.39 is 0 Å². The van der Waals surface area contributed by atoms with Gasteiger partial charge in [-0.05, 0) is 42.5 Å². The summed E-state index contributed by atoms with van der Waals surface area (Å²) < 4.78 is 17.0. The van der Waals surface area contributed by atoms with Crippen LogP contribution in [-0.4, -0.2) is 30.3 Å². The topological polar surface area (TPSA) is 56.4 Å². The number of fused-ring (bicyclic) bond motifs is 1. The number of methoxy groups -OCH3 is 1. The van der Waals surface area contributed by atoms with E-state index in [1.807, 2.05) is 72.8 Å². The van der Waals surface area contributed by atoms with Crippen LogP contribution in [-0.2, 0) is 0 Å². The summed E-state index contributed by atoms with van der Waals surface area (Å²) in [5.74, 6) is 2.96. The summed E-state index contributed by atoms with van der Waals surface area (Å²) in [5, 5.41) is 0. The first kappa shape index (κ1) is 17.0. The van der Waals surface area contributed by atoms with Gasteiger partial charge in [0.1, 0.15) is 24.8 Å². The molecule has 0 saturated carbocycles. The molecule has 3 aromatic carbocycles. The summed E-state index contributed by atoms with van der Waals surface area (Å²) in [7, 11) is 1.63. The predicted molar refractivity (Wildman–Crippen MR) is 106 cm³/mol. The molecule has 0 unspecified atom stereocenters. The Labute approximate surface area is 157 Å². The summed E-state index contributed by atoms with van der Waals surface area (Å²) in [5.41, 5.74) is 2.88. The third kappa shape index (κ3) is 3.87. The molecule has 27 heavy (non-hydrogen) atoms. The molecule has 5 heteroatoms. The van der Waals surface area contributed by atoms with Crippen molar-refractivity contribution >= 4 is 11.0 Å². The number of ether oxygens (including phenoxy) is 3. The van der Waals surface area contributed by atoms with E-state index in [0.29, 0.717) is 24.7 Å². The van der Waals surface area contributed by atoms with Gasteiger partial charge in [0.2, 0.25) is 0 Å². The number of rotatable bonds is 7. The molecule has 0 spiro atoms. The molecule has 1 N–H and O–H groups in total. The fourth-order valence-corrected chi connectivity index (χ4v) is 2.85. The Hall–Kier alpha value is -3.47. The van der Waals surface area contributed by atoms with E-state index in [-0.39, 0.29) is 0 Å². The molecule has 0 aliphatic heterocycles. The van der Waals surface area contributed by atoms with Gasteiger partial charge in [0.15, 0.2) is 11.5 Å². The molecule has 4 aromatic rings. The maximum atomic E-state index is 5.82. The molecule has 0 saturated heterocycles. The number of imidazole rings is 1. The van der Waals surface area contributed by atoms with Gasteiger partial charge in [0, 0.05) is 5.56 Å². The van der Waals surface area contributed by atoms with Crippen molar-refractivity contribution in [2.75, 3.05) is 20.3 Å². The number of hydrogen-bond acceptors (Lipinski definition) is 4. The van der Waals surface area contributed by atoms with Gasteiger partial charge >= 0.3 is 0 Å². The molecule has 136 valence electrons. The zero-order valence-electron chi connectivity index (χ0n) is 15.0. The number of benzene rings is 3. The minimum absolute atomic E-state index is 0.426. The molecule has 0 fully saturated rings. The van der Waals surface area contributed by atoms with Crippen molar-refractivity contribution in [2.24, 2.45) is 0 Å². The summed E-state index contributed by atoms with van der Waals surface area (Å²) in [4.78, 5) is 7.95. The lowest BCUT2D eigenvalue weighted by Crippen LogP contribution is -2.09. The second-order valence-electron chi connectivity index (χ2n) is 5.98. The van der Waals surface area contributed by atoms with Crippen molar-refractivity contribution in [1.29, 1.82) is 0 Å². The van der Waals surface area contributed by atoms with Crippen LogP contribution in [0.15, 0.2) is 72.8 Å². The predicted octanol–water partition coefficient (Wildman–Crippen LogP) is 4.70. The largest absolute Gasteiger partial charge is 0.493 e. The lowest BCUT2D eigenvalue weighted by molar-refractivity contribution is 0.211. The molecule has 4 rings (SSSR count). The van der Waals surface area contributed by atoms with E-state index in [4.69, 9.17) is 14.2 Å². The standard InChI is InChI=1S/C22H20N2O3/c1-25-21-15-16(22-23-18-9-5-6-10-19(18)24-22)11-12-20(21)27-14-13-26-17-7-3-2-4-8-17/h2-12,15H,13-14H2,1H3,(H,23,24). The lowest BCUT2D eigenvalue weighted by atomic mass is 10.2. The van der Waals surface area contributed by atoms with E-state index in [2.05, 4.69) is 9.97 Å². The molecule has 0 amide bonds. The average molecular weight is 360 g/mol. The van der Waals surface area contributed by atoms with Gasteiger partial charge in [-0.3, -0.25) is 0 Å². The fraction of sp³-hybridized carbons (Fsp3) is 0.136. The highest BCUT2D eigenvalue weighted by Crippen LogP contribution is 2.32. The Morgan fingerprint density at radius 2 is 1.59 bits per heavy atom. The van der Waals surface area contributed by atoms with Crippen molar-refractivity contribution < 1.29 is 14.2 Å². The number of nitrogens with one attached hydrogen (secondary N) is 1. The Morgan fingerprint density at radius 3 is 2.41 bits per heavy atom. The quantitative estimate of drug-likeness (QED) is 0.486. The summed E-state index contributed by atoms with van der Waals surface area (Å²) in [6.07, 6.45) is 0. The van der Waals surface area contributed by atoms with Crippen molar-refractivity contribution in [2.45, 2.75) is 0 Å². The Kier molecular flexibility index (Phi) is 4.92. The van der Waals surface area contributed by atoms with Crippen LogP contribution in [0.5, 0.6) is 17.2 Å². The summed E-state index contributed by atoms with van der Waals surface area (Å²) >= 11 is 0. The maximum absolute atomic E-state index is 5.82. The number of nitrogens with zero attached hydrogens (tertiary/aromatic N) is 1. The molecule has 0 aliphatic carbocycles. The van der Waals surface area contributed by atoms with Crippen LogP contribution < -0.4 is 14.2 Å². The van der Waals surface area contributed by atoms with E-state index in [0.717, 1.165) is 28.2 Å². The fourth-order valence-electron chi connectivity index (χ4n) is 2.85. The van der Waals surface area contributed by atoms with Crippen LogP contribution in [0.2, 0.25) is 0 Å². The third-order valence-electron chi connectivity index (χ3n) is 4.18. The van der Waals surface area contributed by atoms with Crippen molar-refractivity contribution in [3.63, 3.8) is 0 Å². The van der Waals surface area contributed by atoms with Gasteiger partial charge in [-0.15, -0.1) is 0 Å². The Morgan fingerprint density at radius 1 is 0.815 bits per heavy atom. The van der Waals surface area contributed by atoms with E-state index in [9.17, 15) is 0 Å². The first-order valence-corrected chi connectivity index (χ1v) is 8.77. The monoisotopic (exact) mass is 360 g/mol.